The molecule has 2 rings (SSSR count). The smallest absolute Gasteiger partial charge is 0.217 e. The number of nitrogens with one attached hydrogen (secondary N) is 1. The molecule has 0 saturated heterocycles. The van der Waals surface area contributed by atoms with Gasteiger partial charge in [0.05, 0.1) is 13.2 Å². The van der Waals surface area contributed by atoms with E-state index in [-0.39, 0.29) is 11.9 Å². The Morgan fingerprint density at radius 3 is 2.05 bits per heavy atom. The van der Waals surface area contributed by atoms with Gasteiger partial charge in [-0.2, -0.15) is 0 Å². The molecule has 22 heavy (non-hydrogen) atoms. The molecule has 0 bridgehead atoms. The zero-order chi connectivity index (χ0) is 16.3. The number of ether oxygens (including phenoxy) is 1. The minimum atomic E-state index is -0.0158. The second kappa shape index (κ2) is 6.65. The predicted molar refractivity (Wildman–Crippen MR) is 90.1 cm³/mol. The van der Waals surface area contributed by atoms with E-state index in [9.17, 15) is 4.79 Å². The van der Waals surface area contributed by atoms with Crippen LogP contribution in [0.4, 0.5) is 0 Å². The van der Waals surface area contributed by atoms with E-state index in [2.05, 4.69) is 55.6 Å². The van der Waals surface area contributed by atoms with Gasteiger partial charge in [0.15, 0.2) is 0 Å². The summed E-state index contributed by atoms with van der Waals surface area (Å²) >= 11 is 0. The topological polar surface area (TPSA) is 38.3 Å². The molecule has 3 heteroatoms. The summed E-state index contributed by atoms with van der Waals surface area (Å²) in [5.41, 5.74) is 5.70. The fourth-order valence-corrected chi connectivity index (χ4v) is 2.79. The summed E-state index contributed by atoms with van der Waals surface area (Å²) in [4.78, 5) is 11.1. The molecule has 1 atom stereocenters. The van der Waals surface area contributed by atoms with Crippen LogP contribution in [0.3, 0.4) is 0 Å². The lowest BCUT2D eigenvalue weighted by Crippen LogP contribution is -2.23. The van der Waals surface area contributed by atoms with E-state index in [1.807, 2.05) is 6.92 Å². The first kappa shape index (κ1) is 16.1. The van der Waals surface area contributed by atoms with E-state index in [1.165, 1.54) is 12.5 Å². The Balaban J connectivity index is 2.29. The van der Waals surface area contributed by atoms with Crippen LogP contribution in [-0.4, -0.2) is 13.0 Å². The molecule has 2 aromatic carbocycles. The van der Waals surface area contributed by atoms with Crippen molar-refractivity contribution < 1.29 is 9.53 Å². The van der Waals surface area contributed by atoms with E-state index in [0.717, 1.165) is 28.0 Å². The van der Waals surface area contributed by atoms with Crippen LogP contribution in [0.5, 0.6) is 5.75 Å². The molecule has 0 fully saturated rings. The lowest BCUT2D eigenvalue weighted by atomic mass is 9.97. The standard InChI is InChI=1S/C19H23NO2/c1-12-10-18(11-13(2)19(12)22-5)17-8-6-16(7-9-17)14(3)20-15(4)21/h6-11,14H,1-5H3,(H,20,21)/t14-/m0/s1. The molecule has 2 aromatic rings. The molecule has 1 N–H and O–H groups in total. The van der Waals surface area contributed by atoms with Gasteiger partial charge >= 0.3 is 0 Å². The molecule has 0 aliphatic heterocycles. The number of carbonyl (C=O) groups excluding carboxylic acids is 1. The Morgan fingerprint density at radius 2 is 1.59 bits per heavy atom. The first-order chi connectivity index (χ1) is 10.4. The summed E-state index contributed by atoms with van der Waals surface area (Å²) in [6.45, 7) is 7.64. The maximum Gasteiger partial charge on any atom is 0.217 e. The lowest BCUT2D eigenvalue weighted by Gasteiger charge is -2.14. The number of rotatable bonds is 4. The highest BCUT2D eigenvalue weighted by Gasteiger charge is 2.09. The van der Waals surface area contributed by atoms with Crippen molar-refractivity contribution in [2.75, 3.05) is 7.11 Å². The third-order valence-electron chi connectivity index (χ3n) is 3.83. The summed E-state index contributed by atoms with van der Waals surface area (Å²) in [5, 5.41) is 2.90. The highest BCUT2D eigenvalue weighted by Crippen LogP contribution is 2.30. The number of benzene rings is 2. The van der Waals surface area contributed by atoms with E-state index in [1.54, 1.807) is 7.11 Å². The van der Waals surface area contributed by atoms with E-state index >= 15 is 0 Å². The van der Waals surface area contributed by atoms with Crippen molar-refractivity contribution >= 4 is 5.91 Å². The molecule has 3 nitrogen and oxygen atoms in total. The average Bonchev–Trinajstić information content (AvgIpc) is 2.46. The van der Waals surface area contributed by atoms with Crippen molar-refractivity contribution in [2.24, 2.45) is 0 Å². The third-order valence-corrected chi connectivity index (χ3v) is 3.83. The van der Waals surface area contributed by atoms with Crippen LogP contribution in [0, 0.1) is 13.8 Å². The minimum Gasteiger partial charge on any atom is -0.496 e. The van der Waals surface area contributed by atoms with Gasteiger partial charge in [-0.05, 0) is 60.7 Å². The molecule has 0 unspecified atom stereocenters. The molecule has 0 aliphatic carbocycles. The summed E-state index contributed by atoms with van der Waals surface area (Å²) in [6, 6.07) is 12.6. The summed E-state index contributed by atoms with van der Waals surface area (Å²) in [6.07, 6.45) is 0. The van der Waals surface area contributed by atoms with Gasteiger partial charge < -0.3 is 10.1 Å². The van der Waals surface area contributed by atoms with E-state index in [4.69, 9.17) is 4.74 Å². The first-order valence-corrected chi connectivity index (χ1v) is 7.45. The van der Waals surface area contributed by atoms with Crippen molar-refractivity contribution in [1.82, 2.24) is 5.32 Å². The number of hydrogen-bond acceptors (Lipinski definition) is 2. The predicted octanol–water partition coefficient (Wildman–Crippen LogP) is 4.18. The van der Waals surface area contributed by atoms with Crippen LogP contribution in [0.2, 0.25) is 0 Å². The summed E-state index contributed by atoms with van der Waals surface area (Å²) in [5.74, 6) is 0.928. The summed E-state index contributed by atoms with van der Waals surface area (Å²) in [7, 11) is 1.70. The second-order valence-electron chi connectivity index (χ2n) is 5.69. The normalized spacial score (nSPS) is 11.9. The molecule has 116 valence electrons. The average molecular weight is 297 g/mol. The fourth-order valence-electron chi connectivity index (χ4n) is 2.79. The van der Waals surface area contributed by atoms with Gasteiger partial charge in [0, 0.05) is 6.92 Å². The quantitative estimate of drug-likeness (QED) is 0.919. The molecular formula is C19H23NO2. The highest BCUT2D eigenvalue weighted by atomic mass is 16.5. The van der Waals surface area contributed by atoms with Crippen LogP contribution < -0.4 is 10.1 Å². The van der Waals surface area contributed by atoms with Gasteiger partial charge in [-0.3, -0.25) is 4.79 Å². The molecule has 0 saturated carbocycles. The Labute approximate surface area is 132 Å². The van der Waals surface area contributed by atoms with Crippen molar-refractivity contribution in [3.8, 4) is 16.9 Å². The van der Waals surface area contributed by atoms with Crippen molar-refractivity contribution in [1.29, 1.82) is 0 Å². The van der Waals surface area contributed by atoms with Gasteiger partial charge in [-0.1, -0.05) is 24.3 Å². The number of amides is 1. The Kier molecular flexibility index (Phi) is 4.86. The molecule has 0 aliphatic rings. The Morgan fingerprint density at radius 1 is 1.05 bits per heavy atom. The molecule has 0 heterocycles. The molecule has 0 radical (unpaired) electrons. The van der Waals surface area contributed by atoms with Gasteiger partial charge in [0.25, 0.3) is 0 Å². The van der Waals surface area contributed by atoms with Crippen LogP contribution in [0.1, 0.15) is 36.6 Å². The number of hydrogen-bond donors (Lipinski definition) is 1. The van der Waals surface area contributed by atoms with Crippen molar-refractivity contribution in [2.45, 2.75) is 33.7 Å². The van der Waals surface area contributed by atoms with Crippen LogP contribution in [0.25, 0.3) is 11.1 Å². The van der Waals surface area contributed by atoms with Gasteiger partial charge in [0.1, 0.15) is 5.75 Å². The van der Waals surface area contributed by atoms with Gasteiger partial charge in [0.2, 0.25) is 5.91 Å². The van der Waals surface area contributed by atoms with Crippen LogP contribution in [-0.2, 0) is 4.79 Å². The molecular weight excluding hydrogens is 274 g/mol. The monoisotopic (exact) mass is 297 g/mol. The van der Waals surface area contributed by atoms with Gasteiger partial charge in [-0.25, -0.2) is 0 Å². The molecule has 1 amide bonds. The van der Waals surface area contributed by atoms with Crippen LogP contribution >= 0.6 is 0 Å². The summed E-state index contributed by atoms with van der Waals surface area (Å²) < 4.78 is 5.41. The maximum atomic E-state index is 11.1. The van der Waals surface area contributed by atoms with E-state index in [0.29, 0.717) is 0 Å². The Hall–Kier alpha value is -2.29. The first-order valence-electron chi connectivity index (χ1n) is 7.45. The maximum absolute atomic E-state index is 11.1. The van der Waals surface area contributed by atoms with Crippen LogP contribution in [0.15, 0.2) is 36.4 Å². The van der Waals surface area contributed by atoms with Crippen molar-refractivity contribution in [3.05, 3.63) is 53.1 Å². The number of carbonyl (C=O) groups is 1. The highest BCUT2D eigenvalue weighted by molar-refractivity contribution is 5.73. The second-order valence-corrected chi connectivity index (χ2v) is 5.69. The fraction of sp³-hybridized carbons (Fsp3) is 0.316. The van der Waals surface area contributed by atoms with E-state index < -0.39 is 0 Å². The largest absolute Gasteiger partial charge is 0.496 e. The third kappa shape index (κ3) is 3.48. The Bertz CT molecular complexity index is 651. The van der Waals surface area contributed by atoms with Gasteiger partial charge in [-0.15, -0.1) is 0 Å². The van der Waals surface area contributed by atoms with Crippen molar-refractivity contribution in [3.63, 3.8) is 0 Å². The zero-order valence-electron chi connectivity index (χ0n) is 13.9. The number of aryl methyl sites for hydroxylation is 2. The SMILES string of the molecule is COc1c(C)cc(-c2ccc([C@H](C)NC(C)=O)cc2)cc1C. The minimum absolute atomic E-state index is 0.0158. The molecule has 0 aromatic heterocycles. The lowest BCUT2D eigenvalue weighted by molar-refractivity contribution is -0.119. The molecule has 0 spiro atoms. The zero-order valence-corrected chi connectivity index (χ0v) is 13.9. The number of methoxy groups -OCH3 is 1.